The second-order valence-corrected chi connectivity index (χ2v) is 4.25. The molecule has 14 heavy (non-hydrogen) atoms. The van der Waals surface area contributed by atoms with Crippen LogP contribution in [0.3, 0.4) is 0 Å². The van der Waals surface area contributed by atoms with Gasteiger partial charge in [0.2, 0.25) is 0 Å². The van der Waals surface area contributed by atoms with Crippen LogP contribution in [0.15, 0.2) is 12.2 Å². The molecule has 0 aromatic rings. The van der Waals surface area contributed by atoms with Crippen molar-refractivity contribution in [1.29, 1.82) is 0 Å². The fraction of sp³-hybridized carbons (Fsp3) is 0.600. The van der Waals surface area contributed by atoms with E-state index in [4.69, 9.17) is 10.2 Å². The molecule has 0 spiro atoms. The molecule has 2 rings (SSSR count). The minimum Gasteiger partial charge on any atom is -0.481 e. The first-order valence-corrected chi connectivity index (χ1v) is 4.67. The molecule has 0 aromatic heterocycles. The van der Waals surface area contributed by atoms with Gasteiger partial charge in [0.05, 0.1) is 12.3 Å². The van der Waals surface area contributed by atoms with E-state index in [1.165, 1.54) is 0 Å². The fourth-order valence-corrected chi connectivity index (χ4v) is 2.79. The highest BCUT2D eigenvalue weighted by Gasteiger charge is 2.52. The Bertz CT molecular complexity index is 320. The topological polar surface area (TPSA) is 74.6 Å². The molecule has 4 nitrogen and oxygen atoms in total. The highest BCUT2D eigenvalue weighted by atomic mass is 16.4. The zero-order chi connectivity index (χ0) is 10.3. The molecule has 0 radical (unpaired) electrons. The number of carboxylic acid groups (broad SMARTS) is 2. The molecule has 0 heterocycles. The standard InChI is InChI=1S/C10H12O4/c11-8(12)5-10-2-1-6(4-10)3-7(10)9(13)14/h1-2,6-7H,3-5H2,(H,11,12)(H,13,14)/t6-,7-,10-/m0/s1. The summed E-state index contributed by atoms with van der Waals surface area (Å²) in [7, 11) is 0. The van der Waals surface area contributed by atoms with E-state index in [1.807, 2.05) is 6.08 Å². The van der Waals surface area contributed by atoms with E-state index < -0.39 is 23.3 Å². The predicted octanol–water partition coefficient (Wildman–Crippen LogP) is 1.13. The lowest BCUT2D eigenvalue weighted by atomic mass is 9.75. The number of hydrogen-bond donors (Lipinski definition) is 2. The quantitative estimate of drug-likeness (QED) is 0.663. The van der Waals surface area contributed by atoms with Crippen LogP contribution in [0, 0.1) is 17.3 Å². The molecule has 2 aliphatic rings. The lowest BCUT2D eigenvalue weighted by molar-refractivity contribution is -0.146. The van der Waals surface area contributed by atoms with E-state index >= 15 is 0 Å². The minimum absolute atomic E-state index is 0.0586. The zero-order valence-electron chi connectivity index (χ0n) is 7.64. The van der Waals surface area contributed by atoms with Crippen LogP contribution in [-0.2, 0) is 9.59 Å². The number of carboxylic acids is 2. The second-order valence-electron chi connectivity index (χ2n) is 4.25. The Hall–Kier alpha value is -1.32. The molecule has 0 amide bonds. The Morgan fingerprint density at radius 3 is 2.64 bits per heavy atom. The van der Waals surface area contributed by atoms with Gasteiger partial charge in [-0.2, -0.15) is 0 Å². The van der Waals surface area contributed by atoms with Crippen molar-refractivity contribution in [3.05, 3.63) is 12.2 Å². The molecule has 2 aliphatic carbocycles. The summed E-state index contributed by atoms with van der Waals surface area (Å²) in [6.07, 6.45) is 4.99. The minimum atomic E-state index is -0.913. The van der Waals surface area contributed by atoms with Crippen molar-refractivity contribution in [1.82, 2.24) is 0 Å². The van der Waals surface area contributed by atoms with E-state index in [2.05, 4.69) is 0 Å². The monoisotopic (exact) mass is 196 g/mol. The lowest BCUT2D eigenvalue weighted by Crippen LogP contribution is -2.31. The van der Waals surface area contributed by atoms with Crippen molar-refractivity contribution < 1.29 is 19.8 Å². The molecule has 1 saturated carbocycles. The highest BCUT2D eigenvalue weighted by molar-refractivity contribution is 5.76. The van der Waals surface area contributed by atoms with Gasteiger partial charge in [-0.1, -0.05) is 12.2 Å². The average Bonchev–Trinajstić information content (AvgIpc) is 2.58. The largest absolute Gasteiger partial charge is 0.481 e. The van der Waals surface area contributed by atoms with Crippen LogP contribution in [-0.4, -0.2) is 22.2 Å². The Balaban J connectivity index is 2.26. The highest BCUT2D eigenvalue weighted by Crippen LogP contribution is 2.55. The van der Waals surface area contributed by atoms with Crippen LogP contribution in [0.5, 0.6) is 0 Å². The number of hydrogen-bond acceptors (Lipinski definition) is 2. The number of aliphatic carboxylic acids is 2. The second kappa shape index (κ2) is 2.83. The van der Waals surface area contributed by atoms with Gasteiger partial charge in [0.15, 0.2) is 0 Å². The molecule has 2 bridgehead atoms. The summed E-state index contributed by atoms with van der Waals surface area (Å²) >= 11 is 0. The summed E-state index contributed by atoms with van der Waals surface area (Å²) in [4.78, 5) is 21.6. The van der Waals surface area contributed by atoms with Crippen molar-refractivity contribution in [2.75, 3.05) is 0 Å². The van der Waals surface area contributed by atoms with Gasteiger partial charge < -0.3 is 10.2 Å². The average molecular weight is 196 g/mol. The van der Waals surface area contributed by atoms with Gasteiger partial charge in [-0.15, -0.1) is 0 Å². The molecule has 0 aromatic carbocycles. The first kappa shape index (κ1) is 9.24. The number of allylic oxidation sites excluding steroid dienone is 2. The maximum atomic E-state index is 11.0. The molecule has 0 saturated heterocycles. The molecular weight excluding hydrogens is 184 g/mol. The fourth-order valence-electron chi connectivity index (χ4n) is 2.79. The van der Waals surface area contributed by atoms with Gasteiger partial charge in [-0.05, 0) is 18.8 Å². The third-order valence-corrected chi connectivity index (χ3v) is 3.35. The van der Waals surface area contributed by atoms with Crippen LogP contribution >= 0.6 is 0 Å². The van der Waals surface area contributed by atoms with Crippen molar-refractivity contribution in [3.63, 3.8) is 0 Å². The van der Waals surface area contributed by atoms with E-state index in [0.717, 1.165) is 0 Å². The summed E-state index contributed by atoms with van der Waals surface area (Å²) in [5, 5.41) is 17.7. The number of carbonyl (C=O) groups is 2. The SMILES string of the molecule is O=C(O)C[C@@]12C=C[C@@H](C[C@H]1C(=O)O)C2. The molecule has 4 heteroatoms. The first-order chi connectivity index (χ1) is 6.53. The zero-order valence-corrected chi connectivity index (χ0v) is 7.64. The van der Waals surface area contributed by atoms with Crippen molar-refractivity contribution >= 4 is 11.9 Å². The van der Waals surface area contributed by atoms with E-state index in [0.29, 0.717) is 12.8 Å². The van der Waals surface area contributed by atoms with Gasteiger partial charge in [-0.25, -0.2) is 0 Å². The van der Waals surface area contributed by atoms with Crippen molar-refractivity contribution in [2.24, 2.45) is 17.3 Å². The Morgan fingerprint density at radius 2 is 2.14 bits per heavy atom. The smallest absolute Gasteiger partial charge is 0.307 e. The van der Waals surface area contributed by atoms with Crippen LogP contribution in [0.2, 0.25) is 0 Å². The van der Waals surface area contributed by atoms with Gasteiger partial charge in [0.25, 0.3) is 0 Å². The van der Waals surface area contributed by atoms with Gasteiger partial charge in [0.1, 0.15) is 0 Å². The summed E-state index contributed by atoms with van der Waals surface area (Å²) < 4.78 is 0. The Labute approximate surface area is 81.2 Å². The molecule has 3 atom stereocenters. The molecule has 0 unspecified atom stereocenters. The van der Waals surface area contributed by atoms with Crippen LogP contribution < -0.4 is 0 Å². The van der Waals surface area contributed by atoms with Gasteiger partial charge >= 0.3 is 11.9 Å². The summed E-state index contributed by atoms with van der Waals surface area (Å²) in [6.45, 7) is 0. The summed E-state index contributed by atoms with van der Waals surface area (Å²) in [6, 6.07) is 0. The predicted molar refractivity (Wildman–Crippen MR) is 47.7 cm³/mol. The van der Waals surface area contributed by atoms with Crippen LogP contribution in [0.4, 0.5) is 0 Å². The van der Waals surface area contributed by atoms with E-state index in [-0.39, 0.29) is 12.3 Å². The third kappa shape index (κ3) is 1.22. The number of fused-ring (bicyclic) bond motifs is 2. The lowest BCUT2D eigenvalue weighted by Gasteiger charge is -2.27. The Kier molecular flexibility index (Phi) is 1.87. The number of rotatable bonds is 3. The third-order valence-electron chi connectivity index (χ3n) is 3.35. The van der Waals surface area contributed by atoms with Crippen LogP contribution in [0.1, 0.15) is 19.3 Å². The summed E-state index contributed by atoms with van der Waals surface area (Å²) in [5.41, 5.74) is -0.609. The van der Waals surface area contributed by atoms with E-state index in [1.54, 1.807) is 6.08 Å². The maximum absolute atomic E-state index is 11.0. The molecule has 76 valence electrons. The first-order valence-electron chi connectivity index (χ1n) is 4.67. The molecule has 2 N–H and O–H groups in total. The van der Waals surface area contributed by atoms with Crippen molar-refractivity contribution in [2.45, 2.75) is 19.3 Å². The molecule has 1 fully saturated rings. The summed E-state index contributed by atoms with van der Waals surface area (Å²) in [5.74, 6) is -2.01. The van der Waals surface area contributed by atoms with Crippen molar-refractivity contribution in [3.8, 4) is 0 Å². The van der Waals surface area contributed by atoms with E-state index in [9.17, 15) is 9.59 Å². The molecular formula is C10H12O4. The molecule has 0 aliphatic heterocycles. The Morgan fingerprint density at radius 1 is 1.43 bits per heavy atom. The normalized spacial score (nSPS) is 38.9. The maximum Gasteiger partial charge on any atom is 0.307 e. The van der Waals surface area contributed by atoms with Crippen LogP contribution in [0.25, 0.3) is 0 Å². The van der Waals surface area contributed by atoms with Gasteiger partial charge in [-0.3, -0.25) is 9.59 Å². The van der Waals surface area contributed by atoms with Gasteiger partial charge in [0, 0.05) is 5.41 Å².